The molecule has 86 valence electrons. The van der Waals surface area contributed by atoms with Gasteiger partial charge in [0.05, 0.1) is 10.2 Å². The topological polar surface area (TPSA) is 50.3 Å². The lowest BCUT2D eigenvalue weighted by molar-refractivity contribution is -0.131. The zero-order valence-corrected chi connectivity index (χ0v) is 10.4. The smallest absolute Gasteiger partial charge is 0.240 e. The standard InChI is InChI=1S/C11H8N2O2S2/c14-9-5-6-10(15)13(9)17-11-12-7-3-1-2-4-8(7)16-11/h1-4H,5-6H2. The molecule has 0 unspecified atom stereocenters. The third-order valence-corrected chi connectivity index (χ3v) is 4.59. The van der Waals surface area contributed by atoms with E-state index in [1.807, 2.05) is 24.3 Å². The number of amides is 2. The molecule has 17 heavy (non-hydrogen) atoms. The highest BCUT2D eigenvalue weighted by Gasteiger charge is 2.30. The molecule has 2 aromatic rings. The van der Waals surface area contributed by atoms with Gasteiger partial charge in [-0.25, -0.2) is 9.29 Å². The first-order valence-corrected chi connectivity index (χ1v) is 6.72. The van der Waals surface area contributed by atoms with Gasteiger partial charge in [0.1, 0.15) is 0 Å². The van der Waals surface area contributed by atoms with Gasteiger partial charge in [0.2, 0.25) is 11.8 Å². The van der Waals surface area contributed by atoms with Crippen LogP contribution in [0.3, 0.4) is 0 Å². The van der Waals surface area contributed by atoms with E-state index in [1.165, 1.54) is 15.6 Å². The largest absolute Gasteiger partial charge is 0.273 e. The van der Waals surface area contributed by atoms with Crippen LogP contribution in [0.4, 0.5) is 0 Å². The first-order chi connectivity index (χ1) is 8.24. The average Bonchev–Trinajstić information content (AvgIpc) is 2.87. The number of hydrogen-bond donors (Lipinski definition) is 0. The van der Waals surface area contributed by atoms with Crippen molar-refractivity contribution in [2.45, 2.75) is 17.2 Å². The summed E-state index contributed by atoms with van der Waals surface area (Å²) in [5, 5.41) is 0. The fraction of sp³-hybridized carbons (Fsp3) is 0.182. The minimum absolute atomic E-state index is 0.126. The van der Waals surface area contributed by atoms with Crippen molar-refractivity contribution in [1.29, 1.82) is 0 Å². The molecule has 0 atom stereocenters. The van der Waals surface area contributed by atoms with E-state index in [4.69, 9.17) is 0 Å². The molecule has 1 aromatic carbocycles. The first-order valence-electron chi connectivity index (χ1n) is 5.13. The van der Waals surface area contributed by atoms with Crippen LogP contribution >= 0.6 is 23.3 Å². The van der Waals surface area contributed by atoms with E-state index in [1.54, 1.807) is 0 Å². The Morgan fingerprint density at radius 2 is 1.88 bits per heavy atom. The predicted octanol–water partition coefficient (Wildman–Crippen LogP) is 2.45. The van der Waals surface area contributed by atoms with Gasteiger partial charge in [-0.15, -0.1) is 11.3 Å². The van der Waals surface area contributed by atoms with Crippen molar-refractivity contribution in [3.63, 3.8) is 0 Å². The van der Waals surface area contributed by atoms with Crippen molar-refractivity contribution >= 4 is 45.3 Å². The maximum Gasteiger partial charge on any atom is 0.240 e. The molecule has 2 amide bonds. The molecule has 1 aliphatic heterocycles. The Morgan fingerprint density at radius 1 is 1.18 bits per heavy atom. The Hall–Kier alpha value is -1.40. The van der Waals surface area contributed by atoms with Crippen LogP contribution in [0, 0.1) is 0 Å². The minimum Gasteiger partial charge on any atom is -0.273 e. The van der Waals surface area contributed by atoms with Crippen LogP contribution in [0.2, 0.25) is 0 Å². The van der Waals surface area contributed by atoms with E-state index in [0.717, 1.165) is 26.5 Å². The van der Waals surface area contributed by atoms with Gasteiger partial charge >= 0.3 is 0 Å². The van der Waals surface area contributed by atoms with Crippen LogP contribution in [0.5, 0.6) is 0 Å². The van der Waals surface area contributed by atoms with Gasteiger partial charge in [0.25, 0.3) is 0 Å². The molecule has 0 spiro atoms. The lowest BCUT2D eigenvalue weighted by atomic mass is 10.3. The number of imide groups is 1. The number of rotatable bonds is 2. The summed E-state index contributed by atoms with van der Waals surface area (Å²) in [6.07, 6.45) is 0.632. The zero-order valence-electron chi connectivity index (χ0n) is 8.75. The monoisotopic (exact) mass is 264 g/mol. The van der Waals surface area contributed by atoms with Gasteiger partial charge in [-0.2, -0.15) is 0 Å². The molecule has 0 bridgehead atoms. The van der Waals surface area contributed by atoms with Crippen LogP contribution in [0.15, 0.2) is 28.6 Å². The maximum atomic E-state index is 11.5. The van der Waals surface area contributed by atoms with Crippen molar-refractivity contribution in [3.8, 4) is 0 Å². The van der Waals surface area contributed by atoms with E-state index in [-0.39, 0.29) is 11.8 Å². The van der Waals surface area contributed by atoms with Crippen molar-refractivity contribution in [1.82, 2.24) is 9.29 Å². The van der Waals surface area contributed by atoms with Crippen molar-refractivity contribution in [3.05, 3.63) is 24.3 Å². The molecule has 0 aliphatic carbocycles. The highest BCUT2D eigenvalue weighted by Crippen LogP contribution is 2.34. The number of para-hydroxylation sites is 1. The Kier molecular flexibility index (Phi) is 2.60. The molecule has 4 nitrogen and oxygen atoms in total. The van der Waals surface area contributed by atoms with E-state index in [0.29, 0.717) is 12.8 Å². The zero-order chi connectivity index (χ0) is 11.8. The third-order valence-electron chi connectivity index (χ3n) is 2.45. The molecule has 3 rings (SSSR count). The Morgan fingerprint density at radius 3 is 2.59 bits per heavy atom. The summed E-state index contributed by atoms with van der Waals surface area (Å²) >= 11 is 2.63. The number of nitrogens with zero attached hydrogens (tertiary/aromatic N) is 2. The second kappa shape index (κ2) is 4.12. The first kappa shape index (κ1) is 10.7. The lowest BCUT2D eigenvalue weighted by Gasteiger charge is -2.08. The van der Waals surface area contributed by atoms with Crippen molar-refractivity contribution < 1.29 is 9.59 Å². The molecule has 1 saturated heterocycles. The molecule has 0 saturated carbocycles. The van der Waals surface area contributed by atoms with Crippen LogP contribution in [0.1, 0.15) is 12.8 Å². The molecule has 0 N–H and O–H groups in total. The van der Waals surface area contributed by atoms with Crippen molar-refractivity contribution in [2.24, 2.45) is 0 Å². The highest BCUT2D eigenvalue weighted by atomic mass is 32.2. The summed E-state index contributed by atoms with van der Waals surface area (Å²) in [5.74, 6) is -0.251. The van der Waals surface area contributed by atoms with Gasteiger partial charge in [-0.3, -0.25) is 9.59 Å². The Labute approximate surface area is 106 Å². The van der Waals surface area contributed by atoms with Gasteiger partial charge in [0.15, 0.2) is 4.34 Å². The van der Waals surface area contributed by atoms with E-state index < -0.39 is 0 Å². The Balaban J connectivity index is 1.89. The van der Waals surface area contributed by atoms with Crippen LogP contribution in [-0.4, -0.2) is 21.1 Å². The van der Waals surface area contributed by atoms with E-state index in [9.17, 15) is 9.59 Å². The minimum atomic E-state index is -0.126. The molecule has 1 aliphatic rings. The SMILES string of the molecule is O=C1CCC(=O)N1Sc1nc2ccccc2s1. The summed E-state index contributed by atoms with van der Waals surface area (Å²) in [5.41, 5.74) is 0.902. The van der Waals surface area contributed by atoms with Gasteiger partial charge in [0, 0.05) is 24.8 Å². The number of benzene rings is 1. The fourth-order valence-corrected chi connectivity index (χ4v) is 3.65. The molecule has 0 radical (unpaired) electrons. The number of aromatic nitrogens is 1. The van der Waals surface area contributed by atoms with Crippen LogP contribution in [0.25, 0.3) is 10.2 Å². The third kappa shape index (κ3) is 1.94. The van der Waals surface area contributed by atoms with E-state index in [2.05, 4.69) is 4.98 Å². The molecule has 1 fully saturated rings. The molecule has 6 heteroatoms. The fourth-order valence-electron chi connectivity index (χ4n) is 1.63. The summed E-state index contributed by atoms with van der Waals surface area (Å²) in [6.45, 7) is 0. The van der Waals surface area contributed by atoms with Gasteiger partial charge in [-0.1, -0.05) is 12.1 Å². The lowest BCUT2D eigenvalue weighted by Crippen LogP contribution is -2.20. The second-order valence-electron chi connectivity index (χ2n) is 3.62. The molecular formula is C11H8N2O2S2. The van der Waals surface area contributed by atoms with Crippen molar-refractivity contribution in [2.75, 3.05) is 0 Å². The van der Waals surface area contributed by atoms with Crippen LogP contribution < -0.4 is 0 Å². The van der Waals surface area contributed by atoms with Gasteiger partial charge < -0.3 is 0 Å². The maximum absolute atomic E-state index is 11.5. The van der Waals surface area contributed by atoms with E-state index >= 15 is 0 Å². The normalized spacial score (nSPS) is 16.1. The second-order valence-corrected chi connectivity index (χ2v) is 5.84. The number of carbonyl (C=O) groups is 2. The molecular weight excluding hydrogens is 256 g/mol. The summed E-state index contributed by atoms with van der Waals surface area (Å²) in [7, 11) is 0. The quantitative estimate of drug-likeness (QED) is 0.617. The predicted molar refractivity (Wildman–Crippen MR) is 66.6 cm³/mol. The molecule has 1 aromatic heterocycles. The summed E-state index contributed by atoms with van der Waals surface area (Å²) in [6, 6.07) is 7.76. The summed E-state index contributed by atoms with van der Waals surface area (Å²) < 4.78 is 3.02. The van der Waals surface area contributed by atoms with Gasteiger partial charge in [-0.05, 0) is 12.1 Å². The number of fused-ring (bicyclic) bond motifs is 1. The summed E-state index contributed by atoms with van der Waals surface area (Å²) in [4.78, 5) is 27.3. The Bertz CT molecular complexity index is 559. The number of thiazole rings is 1. The molecule has 2 heterocycles. The highest BCUT2D eigenvalue weighted by molar-refractivity contribution is 7.99. The number of carbonyl (C=O) groups excluding carboxylic acids is 2. The van der Waals surface area contributed by atoms with Crippen LogP contribution in [-0.2, 0) is 9.59 Å². The average molecular weight is 264 g/mol. The number of hydrogen-bond acceptors (Lipinski definition) is 5.